The molecule has 136 valence electrons. The van der Waals surface area contributed by atoms with Gasteiger partial charge in [-0.3, -0.25) is 0 Å². The minimum absolute atomic E-state index is 0.420. The van der Waals surface area contributed by atoms with Crippen LogP contribution in [0.5, 0.6) is 11.5 Å². The molecule has 4 nitrogen and oxygen atoms in total. The minimum Gasteiger partial charge on any atom is -0.492 e. The predicted molar refractivity (Wildman–Crippen MR) is 107 cm³/mol. The molecular weight excluding hydrogens is 336 g/mol. The second-order valence-electron chi connectivity index (χ2n) is 6.43. The molecule has 0 saturated carbocycles. The summed E-state index contributed by atoms with van der Waals surface area (Å²) in [6, 6.07) is 26.1. The standard InChI is InChI=1S/C23H22N2O2/c1-18-11-13-20(14-12-18)26-16-15-25-22-10-6-5-9-21(22)24-23(25)17-27-19-7-3-2-4-8-19/h2-14H,15-17H2,1H3. The van der Waals surface area contributed by atoms with Gasteiger partial charge in [0.1, 0.15) is 30.5 Å². The van der Waals surface area contributed by atoms with Crippen LogP contribution in [0.25, 0.3) is 11.0 Å². The molecule has 1 aromatic heterocycles. The van der Waals surface area contributed by atoms with E-state index in [9.17, 15) is 0 Å². The van der Waals surface area contributed by atoms with Gasteiger partial charge in [0.15, 0.2) is 0 Å². The van der Waals surface area contributed by atoms with Gasteiger partial charge in [-0.15, -0.1) is 0 Å². The van der Waals surface area contributed by atoms with E-state index in [1.807, 2.05) is 60.7 Å². The van der Waals surface area contributed by atoms with Gasteiger partial charge in [-0.25, -0.2) is 4.98 Å². The molecule has 0 bridgehead atoms. The van der Waals surface area contributed by atoms with Crippen LogP contribution in [-0.2, 0) is 13.2 Å². The first-order valence-corrected chi connectivity index (χ1v) is 9.11. The van der Waals surface area contributed by atoms with Crippen LogP contribution < -0.4 is 9.47 Å². The second-order valence-corrected chi connectivity index (χ2v) is 6.43. The smallest absolute Gasteiger partial charge is 0.148 e. The van der Waals surface area contributed by atoms with E-state index in [-0.39, 0.29) is 0 Å². The molecule has 4 heteroatoms. The van der Waals surface area contributed by atoms with Crippen molar-refractivity contribution in [3.8, 4) is 11.5 Å². The van der Waals surface area contributed by atoms with Crippen molar-refractivity contribution in [3.63, 3.8) is 0 Å². The number of hydrogen-bond donors (Lipinski definition) is 0. The van der Waals surface area contributed by atoms with E-state index in [0.717, 1.165) is 28.4 Å². The lowest BCUT2D eigenvalue weighted by Gasteiger charge is -2.12. The molecule has 0 atom stereocenters. The summed E-state index contributed by atoms with van der Waals surface area (Å²) in [6.45, 7) is 3.77. The van der Waals surface area contributed by atoms with Gasteiger partial charge in [-0.1, -0.05) is 48.0 Å². The molecule has 0 unspecified atom stereocenters. The van der Waals surface area contributed by atoms with Crippen molar-refractivity contribution in [2.24, 2.45) is 0 Å². The zero-order valence-electron chi connectivity index (χ0n) is 15.3. The normalized spacial score (nSPS) is 10.9. The summed E-state index contributed by atoms with van der Waals surface area (Å²) >= 11 is 0. The van der Waals surface area contributed by atoms with Crippen molar-refractivity contribution in [3.05, 3.63) is 90.3 Å². The Morgan fingerprint density at radius 3 is 2.30 bits per heavy atom. The average Bonchev–Trinajstić information content (AvgIpc) is 3.06. The number of ether oxygens (including phenoxy) is 2. The molecule has 3 aromatic carbocycles. The minimum atomic E-state index is 0.420. The lowest BCUT2D eigenvalue weighted by atomic mass is 10.2. The number of para-hydroxylation sites is 3. The molecular formula is C23H22N2O2. The summed E-state index contributed by atoms with van der Waals surface area (Å²) < 4.78 is 14.0. The van der Waals surface area contributed by atoms with Crippen LogP contribution in [0.2, 0.25) is 0 Å². The van der Waals surface area contributed by atoms with Crippen LogP contribution in [0.1, 0.15) is 11.4 Å². The first-order valence-electron chi connectivity index (χ1n) is 9.11. The van der Waals surface area contributed by atoms with Gasteiger partial charge in [0, 0.05) is 0 Å². The fraction of sp³-hybridized carbons (Fsp3) is 0.174. The van der Waals surface area contributed by atoms with Crippen molar-refractivity contribution >= 4 is 11.0 Å². The molecule has 27 heavy (non-hydrogen) atoms. The molecule has 4 aromatic rings. The van der Waals surface area contributed by atoms with Crippen LogP contribution in [-0.4, -0.2) is 16.2 Å². The maximum absolute atomic E-state index is 5.92. The molecule has 1 heterocycles. The second kappa shape index (κ2) is 7.96. The Kier molecular flexibility index (Phi) is 5.06. The van der Waals surface area contributed by atoms with Gasteiger partial charge >= 0.3 is 0 Å². The fourth-order valence-corrected chi connectivity index (χ4v) is 3.04. The number of fused-ring (bicyclic) bond motifs is 1. The highest BCUT2D eigenvalue weighted by Gasteiger charge is 2.11. The van der Waals surface area contributed by atoms with E-state index < -0.39 is 0 Å². The van der Waals surface area contributed by atoms with Gasteiger partial charge in [0.25, 0.3) is 0 Å². The molecule has 0 aliphatic heterocycles. The topological polar surface area (TPSA) is 36.3 Å². The van der Waals surface area contributed by atoms with Crippen LogP contribution >= 0.6 is 0 Å². The van der Waals surface area contributed by atoms with E-state index >= 15 is 0 Å². The molecule has 4 rings (SSSR count). The molecule has 0 amide bonds. The van der Waals surface area contributed by atoms with Crippen LogP contribution in [0, 0.1) is 6.92 Å². The lowest BCUT2D eigenvalue weighted by Crippen LogP contribution is -2.13. The fourth-order valence-electron chi connectivity index (χ4n) is 3.04. The quantitative estimate of drug-likeness (QED) is 0.466. The SMILES string of the molecule is Cc1ccc(OCCn2c(COc3ccccc3)nc3ccccc32)cc1. The summed E-state index contributed by atoms with van der Waals surface area (Å²) in [5.74, 6) is 2.62. The van der Waals surface area contributed by atoms with Gasteiger partial charge in [-0.05, 0) is 43.3 Å². The number of rotatable bonds is 7. The van der Waals surface area contributed by atoms with E-state index in [1.54, 1.807) is 0 Å². The van der Waals surface area contributed by atoms with Gasteiger partial charge < -0.3 is 14.0 Å². The monoisotopic (exact) mass is 358 g/mol. The van der Waals surface area contributed by atoms with Gasteiger partial charge in [0.2, 0.25) is 0 Å². The highest BCUT2D eigenvalue weighted by atomic mass is 16.5. The Balaban J connectivity index is 1.50. The van der Waals surface area contributed by atoms with E-state index in [1.165, 1.54) is 5.56 Å². The highest BCUT2D eigenvalue weighted by molar-refractivity contribution is 5.75. The number of nitrogens with zero attached hydrogens (tertiary/aromatic N) is 2. The van der Waals surface area contributed by atoms with Gasteiger partial charge in [-0.2, -0.15) is 0 Å². The molecule has 0 saturated heterocycles. The third-order valence-electron chi connectivity index (χ3n) is 4.45. The summed E-state index contributed by atoms with van der Waals surface area (Å²) in [5, 5.41) is 0. The van der Waals surface area contributed by atoms with Crippen molar-refractivity contribution in [2.45, 2.75) is 20.1 Å². The Morgan fingerprint density at radius 1 is 0.778 bits per heavy atom. The van der Waals surface area contributed by atoms with Crippen LogP contribution in [0.15, 0.2) is 78.9 Å². The Morgan fingerprint density at radius 2 is 1.48 bits per heavy atom. The first-order chi connectivity index (χ1) is 13.3. The highest BCUT2D eigenvalue weighted by Crippen LogP contribution is 2.19. The van der Waals surface area contributed by atoms with Crippen molar-refractivity contribution in [2.75, 3.05) is 6.61 Å². The number of hydrogen-bond acceptors (Lipinski definition) is 3. The molecule has 0 radical (unpaired) electrons. The Bertz CT molecular complexity index is 1010. The Labute approximate surface area is 159 Å². The molecule has 0 fully saturated rings. The predicted octanol–water partition coefficient (Wildman–Crippen LogP) is 5.00. The van der Waals surface area contributed by atoms with Crippen LogP contribution in [0.4, 0.5) is 0 Å². The summed E-state index contributed by atoms with van der Waals surface area (Å²) in [4.78, 5) is 4.75. The number of aryl methyl sites for hydroxylation is 1. The number of aromatic nitrogens is 2. The number of imidazole rings is 1. The largest absolute Gasteiger partial charge is 0.492 e. The molecule has 0 aliphatic rings. The average molecular weight is 358 g/mol. The van der Waals surface area contributed by atoms with E-state index in [4.69, 9.17) is 14.5 Å². The molecule has 0 N–H and O–H groups in total. The zero-order chi connectivity index (χ0) is 18.5. The van der Waals surface area contributed by atoms with E-state index in [0.29, 0.717) is 19.8 Å². The summed E-state index contributed by atoms with van der Waals surface area (Å²) in [7, 11) is 0. The Hall–Kier alpha value is -3.27. The van der Waals surface area contributed by atoms with Crippen molar-refractivity contribution in [1.82, 2.24) is 9.55 Å². The van der Waals surface area contributed by atoms with Crippen LogP contribution in [0.3, 0.4) is 0 Å². The maximum atomic E-state index is 5.92. The number of benzene rings is 3. The summed E-state index contributed by atoms with van der Waals surface area (Å²) in [5.41, 5.74) is 3.29. The van der Waals surface area contributed by atoms with Crippen molar-refractivity contribution in [1.29, 1.82) is 0 Å². The van der Waals surface area contributed by atoms with Crippen molar-refractivity contribution < 1.29 is 9.47 Å². The molecule has 0 spiro atoms. The third kappa shape index (κ3) is 4.11. The third-order valence-corrected chi connectivity index (χ3v) is 4.45. The zero-order valence-corrected chi connectivity index (χ0v) is 15.3. The maximum Gasteiger partial charge on any atom is 0.148 e. The lowest BCUT2D eigenvalue weighted by molar-refractivity contribution is 0.272. The van der Waals surface area contributed by atoms with Gasteiger partial charge in [0.05, 0.1) is 17.6 Å². The van der Waals surface area contributed by atoms with E-state index in [2.05, 4.69) is 29.7 Å². The summed E-state index contributed by atoms with van der Waals surface area (Å²) in [6.07, 6.45) is 0. The molecule has 0 aliphatic carbocycles. The first kappa shape index (κ1) is 17.2.